The molecule has 0 radical (unpaired) electrons. The van der Waals surface area contributed by atoms with Crippen LogP contribution >= 0.6 is 0 Å². The van der Waals surface area contributed by atoms with Gasteiger partial charge in [-0.1, -0.05) is 68.5 Å². The molecule has 236 valence electrons. The van der Waals surface area contributed by atoms with E-state index in [9.17, 15) is 31.9 Å². The lowest BCUT2D eigenvalue weighted by molar-refractivity contribution is -0.118. The monoisotopic (exact) mass is 626 g/mol. The number of hydrogen-bond acceptors (Lipinski definition) is 3. The van der Waals surface area contributed by atoms with E-state index in [1.54, 1.807) is 43.3 Å². The first kappa shape index (κ1) is 32.7. The number of benzene rings is 4. The van der Waals surface area contributed by atoms with E-state index in [1.165, 1.54) is 12.1 Å². The lowest BCUT2D eigenvalue weighted by atomic mass is 9.79. The quantitative estimate of drug-likeness (QED) is 0.116. The van der Waals surface area contributed by atoms with Crippen LogP contribution in [0.2, 0.25) is 0 Å². The zero-order valence-electron chi connectivity index (χ0n) is 25.7. The van der Waals surface area contributed by atoms with Gasteiger partial charge in [0.05, 0.1) is 5.56 Å². The number of carbonyl (C=O) groups is 3. The van der Waals surface area contributed by atoms with Gasteiger partial charge in [-0.05, 0) is 70.9 Å². The number of allylic oxidation sites excluding steroid dienone is 2. The highest BCUT2D eigenvalue weighted by Crippen LogP contribution is 2.46. The lowest BCUT2D eigenvalue weighted by Gasteiger charge is -2.24. The summed E-state index contributed by atoms with van der Waals surface area (Å²) >= 11 is 0. The Morgan fingerprint density at radius 3 is 2.17 bits per heavy atom. The van der Waals surface area contributed by atoms with E-state index in [4.69, 9.17) is 0 Å². The Labute approximate surface area is 266 Å². The van der Waals surface area contributed by atoms with Crippen LogP contribution in [0.1, 0.15) is 87.6 Å². The number of Topliss-reactive ketones (excluding diaryl/α,β-unsaturated/α-hetero) is 3. The van der Waals surface area contributed by atoms with Crippen LogP contribution in [0, 0.1) is 29.2 Å². The molecule has 0 saturated carbocycles. The zero-order chi connectivity index (χ0) is 33.0. The van der Waals surface area contributed by atoms with Crippen LogP contribution in [0.5, 0.6) is 0 Å². The molecule has 46 heavy (non-hydrogen) atoms. The van der Waals surface area contributed by atoms with Gasteiger partial charge in [0.15, 0.2) is 11.6 Å². The van der Waals surface area contributed by atoms with Crippen molar-refractivity contribution in [3.8, 4) is 0 Å². The minimum absolute atomic E-state index is 0.0179. The van der Waals surface area contributed by atoms with Gasteiger partial charge in [-0.2, -0.15) is 0 Å². The van der Waals surface area contributed by atoms with Crippen molar-refractivity contribution in [3.63, 3.8) is 0 Å². The van der Waals surface area contributed by atoms with Crippen LogP contribution in [0.25, 0.3) is 5.57 Å². The van der Waals surface area contributed by atoms with E-state index < -0.39 is 46.5 Å². The largest absolute Gasteiger partial charge is 0.299 e. The third kappa shape index (κ3) is 7.09. The molecule has 1 aliphatic rings. The Kier molecular flexibility index (Phi) is 10.1. The van der Waals surface area contributed by atoms with E-state index in [-0.39, 0.29) is 24.4 Å². The minimum Gasteiger partial charge on any atom is -0.299 e. The Balaban J connectivity index is 1.44. The smallest absolute Gasteiger partial charge is 0.176 e. The highest BCUT2D eigenvalue weighted by molar-refractivity contribution is 6.02. The average molecular weight is 627 g/mol. The Morgan fingerprint density at radius 2 is 1.50 bits per heavy atom. The van der Waals surface area contributed by atoms with Gasteiger partial charge in [0.2, 0.25) is 0 Å². The number of ketones is 3. The van der Waals surface area contributed by atoms with Crippen molar-refractivity contribution in [2.45, 2.75) is 58.3 Å². The van der Waals surface area contributed by atoms with Crippen molar-refractivity contribution in [2.75, 3.05) is 0 Å². The van der Waals surface area contributed by atoms with E-state index in [0.29, 0.717) is 48.9 Å². The summed E-state index contributed by atoms with van der Waals surface area (Å²) in [7, 11) is 0. The van der Waals surface area contributed by atoms with Crippen LogP contribution in [0.3, 0.4) is 0 Å². The topological polar surface area (TPSA) is 51.2 Å². The molecule has 2 atom stereocenters. The third-order valence-electron chi connectivity index (χ3n) is 8.73. The van der Waals surface area contributed by atoms with Crippen LogP contribution in [-0.2, 0) is 24.1 Å². The molecule has 7 heteroatoms. The first-order valence-corrected chi connectivity index (χ1v) is 15.5. The molecule has 2 unspecified atom stereocenters. The maximum Gasteiger partial charge on any atom is 0.176 e. The highest BCUT2D eigenvalue weighted by atomic mass is 19.1. The fraction of sp³-hybridized carbons (Fsp3) is 0.256. The number of hydrogen-bond donors (Lipinski definition) is 0. The van der Waals surface area contributed by atoms with Gasteiger partial charge >= 0.3 is 0 Å². The van der Waals surface area contributed by atoms with Gasteiger partial charge in [-0.15, -0.1) is 0 Å². The number of aryl methyl sites for hydroxylation is 1. The standard InChI is InChI=1S/C39H34F4O3/c1-3-31-25(13-16-30(44)18-23-7-5-9-26(17-23)37(45)4-2)8-6-10-32(31)33-19-27(24-11-14-28(40)15-12-24)20-34(33)39(46)38-35(42)21-29(41)22-36(38)43/h5-12,14-15,17,20-22,33-34H,3-4,13,16,18-19H2,1-2H3. The average Bonchev–Trinajstić information content (AvgIpc) is 3.48. The molecular formula is C39H34F4O3. The van der Waals surface area contributed by atoms with Crippen LogP contribution in [-0.4, -0.2) is 17.3 Å². The van der Waals surface area contributed by atoms with Crippen molar-refractivity contribution in [3.05, 3.63) is 147 Å². The van der Waals surface area contributed by atoms with E-state index >= 15 is 0 Å². The molecule has 0 N–H and O–H groups in total. The molecule has 0 aliphatic heterocycles. The van der Waals surface area contributed by atoms with Gasteiger partial charge < -0.3 is 0 Å². The maximum absolute atomic E-state index is 14.8. The minimum atomic E-state index is -1.27. The molecule has 0 saturated heterocycles. The normalized spacial score (nSPS) is 15.9. The number of rotatable bonds is 12. The summed E-state index contributed by atoms with van der Waals surface area (Å²) in [6, 6.07) is 19.6. The van der Waals surface area contributed by atoms with Crippen LogP contribution in [0.15, 0.2) is 84.9 Å². The second-order valence-corrected chi connectivity index (χ2v) is 11.7. The third-order valence-corrected chi connectivity index (χ3v) is 8.73. The molecule has 0 aromatic heterocycles. The second-order valence-electron chi connectivity index (χ2n) is 11.7. The molecule has 0 amide bonds. The summed E-state index contributed by atoms with van der Waals surface area (Å²) in [5.74, 6) is -6.29. The summed E-state index contributed by atoms with van der Waals surface area (Å²) in [5.41, 5.74) is 4.70. The van der Waals surface area contributed by atoms with Crippen molar-refractivity contribution >= 4 is 22.9 Å². The molecule has 5 rings (SSSR count). The van der Waals surface area contributed by atoms with Crippen LogP contribution < -0.4 is 0 Å². The molecular weight excluding hydrogens is 592 g/mol. The molecule has 0 spiro atoms. The molecule has 4 aromatic rings. The van der Waals surface area contributed by atoms with Gasteiger partial charge in [0.25, 0.3) is 0 Å². The van der Waals surface area contributed by atoms with Crippen molar-refractivity contribution in [1.82, 2.24) is 0 Å². The van der Waals surface area contributed by atoms with Gasteiger partial charge in [-0.3, -0.25) is 14.4 Å². The zero-order valence-corrected chi connectivity index (χ0v) is 25.7. The molecule has 3 nitrogen and oxygen atoms in total. The predicted octanol–water partition coefficient (Wildman–Crippen LogP) is 9.21. The van der Waals surface area contributed by atoms with E-state index in [0.717, 1.165) is 27.8 Å². The fourth-order valence-electron chi connectivity index (χ4n) is 6.47. The number of carbonyl (C=O) groups excluding carboxylic acids is 3. The summed E-state index contributed by atoms with van der Waals surface area (Å²) in [4.78, 5) is 38.9. The first-order valence-electron chi connectivity index (χ1n) is 15.5. The summed E-state index contributed by atoms with van der Waals surface area (Å²) in [6.45, 7) is 3.77. The lowest BCUT2D eigenvalue weighted by Crippen LogP contribution is -2.21. The summed E-state index contributed by atoms with van der Waals surface area (Å²) in [6.07, 6.45) is 3.92. The van der Waals surface area contributed by atoms with E-state index in [1.807, 2.05) is 31.2 Å². The van der Waals surface area contributed by atoms with Crippen LogP contribution in [0.4, 0.5) is 17.6 Å². The van der Waals surface area contributed by atoms with Gasteiger partial charge in [0, 0.05) is 48.8 Å². The Hall–Kier alpha value is -4.65. The first-order chi connectivity index (χ1) is 22.1. The van der Waals surface area contributed by atoms with Gasteiger partial charge in [0.1, 0.15) is 29.1 Å². The SMILES string of the molecule is CCC(=O)c1cccc(CC(=O)CCc2cccc(C3CC(c4ccc(F)cc4)=CC3C(=O)c3c(F)cc(F)cc3F)c2CC)c1. The summed E-state index contributed by atoms with van der Waals surface area (Å²) < 4.78 is 57.0. The Morgan fingerprint density at radius 1 is 0.804 bits per heavy atom. The van der Waals surface area contributed by atoms with Crippen molar-refractivity contribution in [1.29, 1.82) is 0 Å². The second kappa shape index (κ2) is 14.2. The maximum atomic E-state index is 14.8. The summed E-state index contributed by atoms with van der Waals surface area (Å²) in [5, 5.41) is 0. The molecule has 0 heterocycles. The molecule has 4 aromatic carbocycles. The van der Waals surface area contributed by atoms with E-state index in [2.05, 4.69) is 0 Å². The van der Waals surface area contributed by atoms with Gasteiger partial charge in [-0.25, -0.2) is 17.6 Å². The van der Waals surface area contributed by atoms with Crippen molar-refractivity contribution < 1.29 is 31.9 Å². The number of halogens is 4. The predicted molar refractivity (Wildman–Crippen MR) is 170 cm³/mol. The van der Waals surface area contributed by atoms with Crippen molar-refractivity contribution in [2.24, 2.45) is 5.92 Å². The fourth-order valence-corrected chi connectivity index (χ4v) is 6.47. The highest BCUT2D eigenvalue weighted by Gasteiger charge is 2.38. The molecule has 0 bridgehead atoms. The molecule has 0 fully saturated rings. The molecule has 1 aliphatic carbocycles. The Bertz CT molecular complexity index is 1800.